The fourth-order valence-corrected chi connectivity index (χ4v) is 3.13. The van der Waals surface area contributed by atoms with Crippen LogP contribution in [0.15, 0.2) is 24.3 Å². The number of nitrogens with zero attached hydrogens (tertiary/aromatic N) is 2. The van der Waals surface area contributed by atoms with Gasteiger partial charge in [0, 0.05) is 31.9 Å². The monoisotopic (exact) mass is 413 g/mol. The number of amides is 2. The Balaban J connectivity index is 1.84. The second-order valence-electron chi connectivity index (χ2n) is 6.10. The average molecular weight is 413 g/mol. The molecule has 2 rings (SSSR count). The molecule has 154 valence electrons. The fourth-order valence-electron chi connectivity index (χ4n) is 2.58. The van der Waals surface area contributed by atoms with Gasteiger partial charge in [0.1, 0.15) is 0 Å². The maximum Gasteiger partial charge on any atom is 0.409 e. The molecule has 0 bridgehead atoms. The summed E-state index contributed by atoms with van der Waals surface area (Å²) in [6.07, 6.45) is 0.585. The van der Waals surface area contributed by atoms with E-state index < -0.39 is 28.7 Å². The van der Waals surface area contributed by atoms with Crippen LogP contribution < -0.4 is 4.72 Å². The lowest BCUT2D eigenvalue weighted by Crippen LogP contribution is -2.51. The van der Waals surface area contributed by atoms with Crippen LogP contribution in [0.3, 0.4) is 0 Å². The molecule has 1 fully saturated rings. The molecule has 2 amide bonds. The van der Waals surface area contributed by atoms with Gasteiger partial charge in [0.25, 0.3) is 5.91 Å². The van der Waals surface area contributed by atoms with Crippen LogP contribution in [0.4, 0.5) is 10.5 Å². The Kier molecular flexibility index (Phi) is 7.21. The van der Waals surface area contributed by atoms with Crippen molar-refractivity contribution in [3.63, 3.8) is 0 Å². The van der Waals surface area contributed by atoms with E-state index in [0.717, 1.165) is 6.26 Å². The second-order valence-corrected chi connectivity index (χ2v) is 7.85. The van der Waals surface area contributed by atoms with E-state index in [0.29, 0.717) is 26.2 Å². The Morgan fingerprint density at radius 3 is 2.32 bits per heavy atom. The number of piperazine rings is 1. The minimum absolute atomic E-state index is 0.119. The zero-order valence-electron chi connectivity index (χ0n) is 15.7. The van der Waals surface area contributed by atoms with Gasteiger partial charge in [0.05, 0.1) is 18.4 Å². The summed E-state index contributed by atoms with van der Waals surface area (Å²) >= 11 is 0. The highest BCUT2D eigenvalue weighted by Gasteiger charge is 2.25. The molecule has 0 spiro atoms. The van der Waals surface area contributed by atoms with Gasteiger partial charge >= 0.3 is 12.1 Å². The van der Waals surface area contributed by atoms with Crippen LogP contribution in [0.1, 0.15) is 17.3 Å². The van der Waals surface area contributed by atoms with Crippen molar-refractivity contribution in [2.45, 2.75) is 6.92 Å². The molecule has 10 nitrogen and oxygen atoms in total. The maximum absolute atomic E-state index is 12.2. The molecule has 0 unspecified atom stereocenters. The first-order valence-corrected chi connectivity index (χ1v) is 10.5. The largest absolute Gasteiger partial charge is 0.452 e. The smallest absolute Gasteiger partial charge is 0.409 e. The molecule has 11 heteroatoms. The van der Waals surface area contributed by atoms with Gasteiger partial charge in [0.2, 0.25) is 10.0 Å². The van der Waals surface area contributed by atoms with Gasteiger partial charge in [-0.15, -0.1) is 0 Å². The SMILES string of the molecule is CCOC(=O)N1CCN(C(=O)COC(=O)c2cccc(NS(C)(=O)=O)c2)CC1. The number of rotatable bonds is 6. The summed E-state index contributed by atoms with van der Waals surface area (Å²) in [5.41, 5.74) is 0.340. The standard InChI is InChI=1S/C17H23N3O7S/c1-3-26-17(23)20-9-7-19(8-10-20)15(21)12-27-16(22)13-5-4-6-14(11-13)18-28(2,24)25/h4-6,11,18H,3,7-10,12H2,1-2H3. The molecule has 0 aromatic heterocycles. The Hall–Kier alpha value is -2.82. The van der Waals surface area contributed by atoms with Gasteiger partial charge in [-0.25, -0.2) is 18.0 Å². The van der Waals surface area contributed by atoms with Crippen LogP contribution >= 0.6 is 0 Å². The molecular weight excluding hydrogens is 390 g/mol. The van der Waals surface area contributed by atoms with Gasteiger partial charge in [-0.2, -0.15) is 0 Å². The van der Waals surface area contributed by atoms with E-state index in [-0.39, 0.29) is 23.8 Å². The number of sulfonamides is 1. The first-order valence-electron chi connectivity index (χ1n) is 8.64. The summed E-state index contributed by atoms with van der Waals surface area (Å²) in [5, 5.41) is 0. The molecule has 0 radical (unpaired) electrons. The minimum Gasteiger partial charge on any atom is -0.452 e. The van der Waals surface area contributed by atoms with Gasteiger partial charge < -0.3 is 19.3 Å². The van der Waals surface area contributed by atoms with Crippen molar-refractivity contribution in [2.75, 3.05) is 50.4 Å². The quantitative estimate of drug-likeness (QED) is 0.675. The molecule has 1 heterocycles. The lowest BCUT2D eigenvalue weighted by Gasteiger charge is -2.33. The molecule has 1 aromatic rings. The summed E-state index contributed by atoms with van der Waals surface area (Å²) in [5.74, 6) is -1.11. The third-order valence-corrected chi connectivity index (χ3v) is 4.49. The summed E-state index contributed by atoms with van der Waals surface area (Å²) < 4.78 is 34.7. The minimum atomic E-state index is -3.47. The van der Waals surface area contributed by atoms with E-state index in [1.165, 1.54) is 34.1 Å². The molecule has 0 saturated carbocycles. The van der Waals surface area contributed by atoms with Crippen molar-refractivity contribution in [1.82, 2.24) is 9.80 Å². The summed E-state index contributed by atoms with van der Waals surface area (Å²) in [6.45, 7) is 2.90. The third kappa shape index (κ3) is 6.41. The van der Waals surface area contributed by atoms with E-state index in [9.17, 15) is 22.8 Å². The van der Waals surface area contributed by atoms with Crippen molar-refractivity contribution in [1.29, 1.82) is 0 Å². The Bertz CT molecular complexity index is 833. The number of carbonyl (C=O) groups excluding carboxylic acids is 3. The van der Waals surface area contributed by atoms with Gasteiger partial charge in [-0.1, -0.05) is 6.07 Å². The van der Waals surface area contributed by atoms with Crippen molar-refractivity contribution in [2.24, 2.45) is 0 Å². The molecule has 1 saturated heterocycles. The van der Waals surface area contributed by atoms with Crippen LogP contribution in [-0.2, 0) is 24.3 Å². The zero-order valence-corrected chi connectivity index (χ0v) is 16.5. The Morgan fingerprint density at radius 2 is 1.71 bits per heavy atom. The van der Waals surface area contributed by atoms with Crippen molar-refractivity contribution < 1.29 is 32.3 Å². The molecule has 1 aliphatic heterocycles. The molecular formula is C17H23N3O7S. The Labute approximate surface area is 163 Å². The van der Waals surface area contributed by atoms with Crippen molar-refractivity contribution >= 4 is 33.7 Å². The Morgan fingerprint density at radius 1 is 1.07 bits per heavy atom. The number of carbonyl (C=O) groups is 3. The van der Waals surface area contributed by atoms with Crippen LogP contribution in [0.25, 0.3) is 0 Å². The summed E-state index contributed by atoms with van der Waals surface area (Å²) in [4.78, 5) is 39.0. The van der Waals surface area contributed by atoms with Crippen LogP contribution in [0.5, 0.6) is 0 Å². The van der Waals surface area contributed by atoms with E-state index in [2.05, 4.69) is 4.72 Å². The highest BCUT2D eigenvalue weighted by atomic mass is 32.2. The molecule has 0 aliphatic carbocycles. The number of anilines is 1. The van der Waals surface area contributed by atoms with Crippen LogP contribution in [0.2, 0.25) is 0 Å². The molecule has 1 aromatic carbocycles. The number of esters is 1. The average Bonchev–Trinajstić information content (AvgIpc) is 2.65. The number of hydrogen-bond donors (Lipinski definition) is 1. The number of ether oxygens (including phenoxy) is 2. The summed E-state index contributed by atoms with van der Waals surface area (Å²) in [7, 11) is -3.47. The van der Waals surface area contributed by atoms with E-state index in [4.69, 9.17) is 9.47 Å². The first kappa shape index (κ1) is 21.5. The molecule has 1 N–H and O–H groups in total. The van der Waals surface area contributed by atoms with E-state index >= 15 is 0 Å². The predicted molar refractivity (Wildman–Crippen MR) is 100 cm³/mol. The van der Waals surface area contributed by atoms with Crippen LogP contribution in [0, 0.1) is 0 Å². The summed E-state index contributed by atoms with van der Waals surface area (Å²) in [6, 6.07) is 5.77. The molecule has 0 atom stereocenters. The number of nitrogens with one attached hydrogen (secondary N) is 1. The number of hydrogen-bond acceptors (Lipinski definition) is 7. The maximum atomic E-state index is 12.2. The lowest BCUT2D eigenvalue weighted by atomic mass is 10.2. The number of benzene rings is 1. The van der Waals surface area contributed by atoms with Gasteiger partial charge in [-0.3, -0.25) is 9.52 Å². The highest BCUT2D eigenvalue weighted by molar-refractivity contribution is 7.92. The highest BCUT2D eigenvalue weighted by Crippen LogP contribution is 2.13. The van der Waals surface area contributed by atoms with E-state index in [1.54, 1.807) is 6.92 Å². The molecule has 28 heavy (non-hydrogen) atoms. The third-order valence-electron chi connectivity index (χ3n) is 3.89. The van der Waals surface area contributed by atoms with E-state index in [1.807, 2.05) is 0 Å². The molecule has 1 aliphatic rings. The zero-order chi connectivity index (χ0) is 20.7. The topological polar surface area (TPSA) is 122 Å². The van der Waals surface area contributed by atoms with Crippen LogP contribution in [-0.4, -0.2) is 81.8 Å². The fraction of sp³-hybridized carbons (Fsp3) is 0.471. The normalized spacial score (nSPS) is 14.4. The lowest BCUT2D eigenvalue weighted by molar-refractivity contribution is -0.136. The van der Waals surface area contributed by atoms with Crippen molar-refractivity contribution in [3.8, 4) is 0 Å². The van der Waals surface area contributed by atoms with Gasteiger partial charge in [-0.05, 0) is 25.1 Å². The predicted octanol–water partition coefficient (Wildman–Crippen LogP) is 0.516. The first-order chi connectivity index (χ1) is 13.2. The van der Waals surface area contributed by atoms with Crippen molar-refractivity contribution in [3.05, 3.63) is 29.8 Å². The second kappa shape index (κ2) is 9.40. The van der Waals surface area contributed by atoms with Gasteiger partial charge in [0.15, 0.2) is 6.61 Å².